The van der Waals surface area contributed by atoms with E-state index in [4.69, 9.17) is 14.2 Å². The van der Waals surface area contributed by atoms with Crippen molar-refractivity contribution in [3.63, 3.8) is 0 Å². The number of methoxy groups -OCH3 is 1. The lowest BCUT2D eigenvalue weighted by Gasteiger charge is -2.14. The second kappa shape index (κ2) is 12.2. The normalized spacial score (nSPS) is 12.1. The Kier molecular flexibility index (Phi) is 9.28. The Labute approximate surface area is 179 Å². The van der Waals surface area contributed by atoms with Crippen LogP contribution in [-0.4, -0.2) is 53.7 Å². The van der Waals surface area contributed by atoms with Gasteiger partial charge in [-0.05, 0) is 35.4 Å². The molecule has 0 radical (unpaired) electrons. The van der Waals surface area contributed by atoms with Crippen LogP contribution in [0.3, 0.4) is 0 Å². The summed E-state index contributed by atoms with van der Waals surface area (Å²) >= 11 is 0. The number of phenols is 1. The first kappa shape index (κ1) is 23.7. The Bertz CT molecular complexity index is 909. The molecular weight excluding hydrogens is 404 g/mol. The van der Waals surface area contributed by atoms with Crippen molar-refractivity contribution in [1.29, 1.82) is 0 Å². The largest absolute Gasteiger partial charge is 0.504 e. The quantitative estimate of drug-likeness (QED) is 0.388. The number of esters is 2. The lowest BCUT2D eigenvalue weighted by Crippen LogP contribution is -2.27. The molecule has 0 spiro atoms. The van der Waals surface area contributed by atoms with Gasteiger partial charge in [-0.15, -0.1) is 0 Å². The van der Waals surface area contributed by atoms with E-state index in [2.05, 4.69) is 0 Å². The first-order valence-electron chi connectivity index (χ1n) is 9.37. The molecule has 2 aromatic carbocycles. The second-order valence-corrected chi connectivity index (χ2v) is 6.34. The Morgan fingerprint density at radius 1 is 1.00 bits per heavy atom. The summed E-state index contributed by atoms with van der Waals surface area (Å²) in [7, 11) is 1.36. The van der Waals surface area contributed by atoms with E-state index < -0.39 is 31.3 Å². The summed E-state index contributed by atoms with van der Waals surface area (Å²) in [5.41, 5.74) is 1.54. The highest BCUT2D eigenvalue weighted by atomic mass is 16.6. The van der Waals surface area contributed by atoms with Crippen molar-refractivity contribution in [2.75, 3.05) is 20.3 Å². The zero-order chi connectivity index (χ0) is 22.6. The number of carbonyl (C=O) groups is 2. The van der Waals surface area contributed by atoms with Crippen LogP contribution in [0.1, 0.15) is 16.7 Å². The van der Waals surface area contributed by atoms with Crippen molar-refractivity contribution < 1.29 is 39.1 Å². The summed E-state index contributed by atoms with van der Waals surface area (Å²) in [4.78, 5) is 23.8. The molecule has 2 aromatic rings. The molecule has 0 aliphatic carbocycles. The van der Waals surface area contributed by atoms with Crippen molar-refractivity contribution in [1.82, 2.24) is 0 Å². The summed E-state index contributed by atoms with van der Waals surface area (Å²) in [5.74, 6) is -1.44. The summed E-state index contributed by atoms with van der Waals surface area (Å²) in [6, 6.07) is 12.1. The van der Waals surface area contributed by atoms with E-state index in [1.165, 1.54) is 31.4 Å². The van der Waals surface area contributed by atoms with Gasteiger partial charge in [-0.2, -0.15) is 0 Å². The SMILES string of the molecule is COc1cc(/C=C/C(=O)OCC(CO)OC(=O)/C=C/c2ccccc2)cc(CO)c1O. The average Bonchev–Trinajstić information content (AvgIpc) is 2.80. The molecule has 2 rings (SSSR count). The van der Waals surface area contributed by atoms with Crippen molar-refractivity contribution in [2.24, 2.45) is 0 Å². The summed E-state index contributed by atoms with van der Waals surface area (Å²) < 4.78 is 15.1. The molecule has 0 aromatic heterocycles. The minimum absolute atomic E-state index is 0.149. The monoisotopic (exact) mass is 428 g/mol. The van der Waals surface area contributed by atoms with Crippen LogP contribution >= 0.6 is 0 Å². The third-order valence-corrected chi connectivity index (χ3v) is 4.09. The van der Waals surface area contributed by atoms with E-state index in [1.807, 2.05) is 30.3 Å². The molecule has 0 aliphatic rings. The highest BCUT2D eigenvalue weighted by Crippen LogP contribution is 2.31. The van der Waals surface area contributed by atoms with E-state index in [0.29, 0.717) is 5.56 Å². The third kappa shape index (κ3) is 7.61. The molecule has 0 saturated heterocycles. The summed E-state index contributed by atoms with van der Waals surface area (Å²) in [6.45, 7) is -1.25. The number of carbonyl (C=O) groups excluding carboxylic acids is 2. The van der Waals surface area contributed by atoms with Gasteiger partial charge in [0.05, 0.1) is 20.3 Å². The molecule has 0 heterocycles. The molecule has 31 heavy (non-hydrogen) atoms. The van der Waals surface area contributed by atoms with E-state index in [9.17, 15) is 24.9 Å². The standard InChI is InChI=1S/C23H24O8/c1-29-20-12-17(11-18(13-24)23(20)28)8-9-21(26)30-15-19(14-25)31-22(27)10-7-16-5-3-2-4-6-16/h2-12,19,24-25,28H,13-15H2,1H3/b9-8+,10-7+. The Hall–Kier alpha value is -3.62. The first-order chi connectivity index (χ1) is 15.0. The van der Waals surface area contributed by atoms with Gasteiger partial charge < -0.3 is 29.5 Å². The van der Waals surface area contributed by atoms with Crippen molar-refractivity contribution in [3.8, 4) is 11.5 Å². The maximum Gasteiger partial charge on any atom is 0.331 e. The van der Waals surface area contributed by atoms with Gasteiger partial charge in [0.2, 0.25) is 0 Å². The first-order valence-corrected chi connectivity index (χ1v) is 9.37. The van der Waals surface area contributed by atoms with E-state index >= 15 is 0 Å². The minimum Gasteiger partial charge on any atom is -0.504 e. The second-order valence-electron chi connectivity index (χ2n) is 6.34. The number of hydrogen-bond acceptors (Lipinski definition) is 8. The third-order valence-electron chi connectivity index (χ3n) is 4.09. The molecule has 0 fully saturated rings. The van der Waals surface area contributed by atoms with Gasteiger partial charge in [-0.25, -0.2) is 9.59 Å². The summed E-state index contributed by atoms with van der Waals surface area (Å²) in [6.07, 6.45) is 4.30. The van der Waals surface area contributed by atoms with Crippen LogP contribution in [0.4, 0.5) is 0 Å². The highest BCUT2D eigenvalue weighted by molar-refractivity contribution is 5.88. The summed E-state index contributed by atoms with van der Waals surface area (Å²) in [5, 5.41) is 28.5. The van der Waals surface area contributed by atoms with Gasteiger partial charge in [0.1, 0.15) is 6.61 Å². The number of aliphatic hydroxyl groups is 2. The number of rotatable bonds is 10. The average molecular weight is 428 g/mol. The Morgan fingerprint density at radius 2 is 1.68 bits per heavy atom. The molecule has 1 unspecified atom stereocenters. The molecule has 0 amide bonds. The predicted octanol–water partition coefficient (Wildman–Crippen LogP) is 2.07. The van der Waals surface area contributed by atoms with Crippen LogP contribution in [0, 0.1) is 0 Å². The van der Waals surface area contributed by atoms with Crippen molar-refractivity contribution >= 4 is 24.1 Å². The minimum atomic E-state index is -1.01. The predicted molar refractivity (Wildman–Crippen MR) is 113 cm³/mol. The number of ether oxygens (including phenoxy) is 3. The topological polar surface area (TPSA) is 123 Å². The molecule has 164 valence electrons. The molecule has 8 heteroatoms. The van der Waals surface area contributed by atoms with Crippen LogP contribution in [0.5, 0.6) is 11.5 Å². The smallest absolute Gasteiger partial charge is 0.331 e. The zero-order valence-corrected chi connectivity index (χ0v) is 16.9. The van der Waals surface area contributed by atoms with Crippen molar-refractivity contribution in [3.05, 3.63) is 71.3 Å². The van der Waals surface area contributed by atoms with Gasteiger partial charge in [-0.3, -0.25) is 0 Å². The van der Waals surface area contributed by atoms with Crippen LogP contribution in [0.2, 0.25) is 0 Å². The fourth-order valence-corrected chi connectivity index (χ4v) is 2.50. The molecule has 8 nitrogen and oxygen atoms in total. The van der Waals surface area contributed by atoms with Gasteiger partial charge in [0.25, 0.3) is 0 Å². The van der Waals surface area contributed by atoms with E-state index in [0.717, 1.165) is 11.6 Å². The highest BCUT2D eigenvalue weighted by Gasteiger charge is 2.14. The van der Waals surface area contributed by atoms with Crippen molar-refractivity contribution in [2.45, 2.75) is 12.7 Å². The molecule has 0 saturated carbocycles. The van der Waals surface area contributed by atoms with Gasteiger partial charge in [0, 0.05) is 17.7 Å². The van der Waals surface area contributed by atoms with E-state index in [-0.39, 0.29) is 23.7 Å². The van der Waals surface area contributed by atoms with Gasteiger partial charge in [-0.1, -0.05) is 30.3 Å². The zero-order valence-electron chi connectivity index (χ0n) is 16.9. The van der Waals surface area contributed by atoms with E-state index in [1.54, 1.807) is 6.08 Å². The fraction of sp³-hybridized carbons (Fsp3) is 0.217. The number of benzene rings is 2. The van der Waals surface area contributed by atoms with Crippen LogP contribution in [0.25, 0.3) is 12.2 Å². The molecule has 3 N–H and O–H groups in total. The Morgan fingerprint density at radius 3 is 2.32 bits per heavy atom. The Balaban J connectivity index is 1.88. The van der Waals surface area contributed by atoms with Crippen LogP contribution in [0.15, 0.2) is 54.6 Å². The lowest BCUT2D eigenvalue weighted by molar-refractivity contribution is -0.154. The molecular formula is C23H24O8. The number of hydrogen-bond donors (Lipinski definition) is 3. The van der Waals surface area contributed by atoms with Crippen LogP contribution < -0.4 is 4.74 Å². The van der Waals surface area contributed by atoms with Gasteiger partial charge >= 0.3 is 11.9 Å². The van der Waals surface area contributed by atoms with Crippen LogP contribution in [-0.2, 0) is 25.7 Å². The van der Waals surface area contributed by atoms with Gasteiger partial charge in [0.15, 0.2) is 17.6 Å². The molecule has 0 bridgehead atoms. The lowest BCUT2D eigenvalue weighted by atomic mass is 10.1. The number of aliphatic hydroxyl groups excluding tert-OH is 2. The number of aromatic hydroxyl groups is 1. The maximum absolute atomic E-state index is 11.9. The maximum atomic E-state index is 11.9. The molecule has 0 aliphatic heterocycles. The fourth-order valence-electron chi connectivity index (χ4n) is 2.50. The molecule has 1 atom stereocenters.